The number of carboxylic acid groups (broad SMARTS) is 1. The highest BCUT2D eigenvalue weighted by Crippen LogP contribution is 2.40. The second-order valence-electron chi connectivity index (χ2n) is 11.5. The minimum absolute atomic E-state index is 0.0653. The van der Waals surface area contributed by atoms with Crippen LogP contribution in [0.3, 0.4) is 0 Å². The van der Waals surface area contributed by atoms with Gasteiger partial charge in [-0.2, -0.15) is 0 Å². The molecule has 2 amide bonds. The van der Waals surface area contributed by atoms with Crippen molar-refractivity contribution in [2.45, 2.75) is 56.8 Å². The van der Waals surface area contributed by atoms with Gasteiger partial charge in [-0.3, -0.25) is 9.69 Å². The lowest BCUT2D eigenvalue weighted by Gasteiger charge is -2.47. The zero-order valence-electron chi connectivity index (χ0n) is 23.8. The topological polar surface area (TPSA) is 82.1 Å². The molecule has 0 aromatic heterocycles. The van der Waals surface area contributed by atoms with Gasteiger partial charge in [-0.15, -0.1) is 0 Å². The molecule has 7 nitrogen and oxygen atoms in total. The summed E-state index contributed by atoms with van der Waals surface area (Å²) in [5.41, 5.74) is 4.70. The Morgan fingerprint density at radius 3 is 2.51 bits per heavy atom. The van der Waals surface area contributed by atoms with Crippen LogP contribution in [0.2, 0.25) is 0 Å². The third-order valence-corrected chi connectivity index (χ3v) is 9.16. The van der Waals surface area contributed by atoms with Crippen LogP contribution in [-0.4, -0.2) is 64.7 Å². The molecule has 9 heteroatoms. The molecule has 2 unspecified atom stereocenters. The lowest BCUT2D eigenvalue weighted by atomic mass is 9.81. The Balaban J connectivity index is 1.24. The van der Waals surface area contributed by atoms with Crippen LogP contribution in [-0.2, 0) is 17.8 Å². The van der Waals surface area contributed by atoms with E-state index in [0.717, 1.165) is 52.4 Å². The molecule has 1 saturated carbocycles. The van der Waals surface area contributed by atoms with Crippen molar-refractivity contribution in [3.05, 3.63) is 105 Å². The fraction of sp³-hybridized carbons (Fsp3) is 0.353. The molecule has 3 aliphatic rings. The summed E-state index contributed by atoms with van der Waals surface area (Å²) in [7, 11) is 0. The van der Waals surface area contributed by atoms with Gasteiger partial charge in [0.2, 0.25) is 0 Å². The summed E-state index contributed by atoms with van der Waals surface area (Å²) in [6.07, 6.45) is 2.97. The average molecular weight is 649 g/mol. The number of aryl methyl sites for hydroxylation is 1. The number of amides is 2. The number of fused-ring (bicyclic) bond motifs is 2. The predicted octanol–water partition coefficient (Wildman–Crippen LogP) is 6.27. The molecule has 1 saturated heterocycles. The minimum Gasteiger partial charge on any atom is -0.492 e. The van der Waals surface area contributed by atoms with Gasteiger partial charge in [0.25, 0.3) is 5.91 Å². The number of nitrogens with zero attached hydrogens (tertiary/aromatic N) is 2. The highest BCUT2D eigenvalue weighted by molar-refractivity contribution is 9.10. The van der Waals surface area contributed by atoms with Crippen molar-refractivity contribution >= 4 is 33.5 Å². The van der Waals surface area contributed by atoms with Crippen LogP contribution < -0.4 is 10.1 Å². The predicted molar refractivity (Wildman–Crippen MR) is 166 cm³/mol. The molecule has 1 aliphatic carbocycles. The van der Waals surface area contributed by atoms with E-state index in [2.05, 4.69) is 45.5 Å². The van der Waals surface area contributed by atoms with Crippen LogP contribution >= 0.6 is 15.9 Å². The summed E-state index contributed by atoms with van der Waals surface area (Å²) in [6, 6.07) is 22.0. The fourth-order valence-corrected chi connectivity index (χ4v) is 6.60. The Hall–Kier alpha value is -3.69. The number of hydrogen-bond donors (Lipinski definition) is 2. The normalized spacial score (nSPS) is 19.7. The zero-order valence-corrected chi connectivity index (χ0v) is 25.4. The maximum Gasteiger partial charge on any atom is 0.408 e. The molecule has 224 valence electrons. The Bertz CT molecular complexity index is 1510. The third kappa shape index (κ3) is 6.63. The lowest BCUT2D eigenvalue weighted by Crippen LogP contribution is -2.63. The first-order valence-electron chi connectivity index (χ1n) is 14.9. The number of ether oxygens (including phenoxy) is 1. The number of nitrogens with one attached hydrogen (secondary N) is 1. The van der Waals surface area contributed by atoms with Gasteiger partial charge in [0.15, 0.2) is 0 Å². The van der Waals surface area contributed by atoms with Crippen molar-refractivity contribution in [2.75, 3.05) is 19.7 Å². The second kappa shape index (κ2) is 12.9. The minimum atomic E-state index is -0.982. The van der Waals surface area contributed by atoms with Gasteiger partial charge in [-0.25, -0.2) is 9.18 Å². The number of hydrogen-bond acceptors (Lipinski definition) is 4. The average Bonchev–Trinajstić information content (AvgIpc) is 3.85. The van der Waals surface area contributed by atoms with Crippen LogP contribution in [0.15, 0.2) is 82.8 Å². The first-order valence-corrected chi connectivity index (χ1v) is 15.7. The smallest absolute Gasteiger partial charge is 0.408 e. The SMILES string of the molecule is O=C(C1=C(c2ccc(CCCOc3cc(F)ccc3Br)cc2)CC2CNCC1N2C(=O)O)N(Cc1ccccc1)C1CC1. The van der Waals surface area contributed by atoms with Gasteiger partial charge in [-0.05, 0) is 82.4 Å². The van der Waals surface area contributed by atoms with Gasteiger partial charge in [0, 0.05) is 37.3 Å². The van der Waals surface area contributed by atoms with Crippen molar-refractivity contribution in [1.29, 1.82) is 0 Å². The molecule has 2 N–H and O–H groups in total. The van der Waals surface area contributed by atoms with Crippen LogP contribution in [0, 0.1) is 5.82 Å². The first kappa shape index (κ1) is 29.4. The largest absolute Gasteiger partial charge is 0.492 e. The molecule has 6 rings (SSSR count). The van der Waals surface area contributed by atoms with Crippen LogP contribution in [0.5, 0.6) is 5.75 Å². The zero-order chi connectivity index (χ0) is 29.9. The van der Waals surface area contributed by atoms with E-state index in [4.69, 9.17) is 4.74 Å². The molecule has 2 aliphatic heterocycles. The molecule has 2 atom stereocenters. The van der Waals surface area contributed by atoms with Gasteiger partial charge in [0.1, 0.15) is 11.6 Å². The number of rotatable bonds is 10. The van der Waals surface area contributed by atoms with Gasteiger partial charge in [0.05, 0.1) is 23.2 Å². The Morgan fingerprint density at radius 1 is 1.02 bits per heavy atom. The van der Waals surface area contributed by atoms with Crippen LogP contribution in [0.4, 0.5) is 9.18 Å². The van der Waals surface area contributed by atoms with Crippen molar-refractivity contribution in [2.24, 2.45) is 0 Å². The van der Waals surface area contributed by atoms with Crippen molar-refractivity contribution in [1.82, 2.24) is 15.1 Å². The maximum atomic E-state index is 14.4. The van der Waals surface area contributed by atoms with E-state index in [1.165, 1.54) is 17.0 Å². The summed E-state index contributed by atoms with van der Waals surface area (Å²) in [4.78, 5) is 30.3. The van der Waals surface area contributed by atoms with Crippen molar-refractivity contribution < 1.29 is 23.8 Å². The summed E-state index contributed by atoms with van der Waals surface area (Å²) >= 11 is 3.39. The molecule has 2 fully saturated rings. The van der Waals surface area contributed by atoms with E-state index in [0.29, 0.717) is 44.0 Å². The number of benzene rings is 3. The summed E-state index contributed by atoms with van der Waals surface area (Å²) in [5.74, 6) is 0.0830. The summed E-state index contributed by atoms with van der Waals surface area (Å²) in [6.45, 7) is 1.93. The number of halogens is 2. The molecule has 2 bridgehead atoms. The van der Waals surface area contributed by atoms with E-state index >= 15 is 0 Å². The first-order chi connectivity index (χ1) is 20.9. The standard InChI is InChI=1S/C34H35BrFN3O4/c35-29-15-12-25(36)17-31(29)43-16-4-7-22-8-10-24(11-9-22)28-18-27-19-37-20-30(39(27)34(41)42)32(28)33(40)38(26-13-14-26)21-23-5-2-1-3-6-23/h1-3,5-6,8-12,15,17,26-27,30,37H,4,7,13-14,16,18-21H2,(H,41,42). The number of carbonyl (C=O) groups excluding carboxylic acids is 1. The fourth-order valence-electron chi connectivity index (χ4n) is 6.24. The molecule has 43 heavy (non-hydrogen) atoms. The Labute approximate surface area is 259 Å². The summed E-state index contributed by atoms with van der Waals surface area (Å²) in [5, 5.41) is 13.5. The van der Waals surface area contributed by atoms with E-state index in [9.17, 15) is 19.1 Å². The van der Waals surface area contributed by atoms with Gasteiger partial charge < -0.3 is 20.1 Å². The highest BCUT2D eigenvalue weighted by atomic mass is 79.9. The molecule has 0 radical (unpaired) electrons. The lowest BCUT2D eigenvalue weighted by molar-refractivity contribution is -0.129. The molecular formula is C34H35BrFN3O4. The summed E-state index contributed by atoms with van der Waals surface area (Å²) < 4.78 is 20.0. The van der Waals surface area contributed by atoms with E-state index in [1.807, 2.05) is 35.2 Å². The Morgan fingerprint density at radius 2 is 1.79 bits per heavy atom. The second-order valence-corrected chi connectivity index (χ2v) is 12.3. The molecule has 3 aromatic rings. The molecule has 3 aromatic carbocycles. The third-order valence-electron chi connectivity index (χ3n) is 8.50. The molecule has 2 heterocycles. The maximum absolute atomic E-state index is 14.4. The molecule has 0 spiro atoms. The van der Waals surface area contributed by atoms with Crippen molar-refractivity contribution in [3.63, 3.8) is 0 Å². The van der Waals surface area contributed by atoms with Crippen LogP contribution in [0.1, 0.15) is 42.4 Å². The molecular weight excluding hydrogens is 613 g/mol. The van der Waals surface area contributed by atoms with E-state index in [-0.39, 0.29) is 23.8 Å². The van der Waals surface area contributed by atoms with Gasteiger partial charge >= 0.3 is 6.09 Å². The highest BCUT2D eigenvalue weighted by Gasteiger charge is 2.46. The quantitative estimate of drug-likeness (QED) is 0.254. The Kier molecular flexibility index (Phi) is 8.81. The van der Waals surface area contributed by atoms with Gasteiger partial charge in [-0.1, -0.05) is 54.6 Å². The van der Waals surface area contributed by atoms with Crippen LogP contribution in [0.25, 0.3) is 5.57 Å². The van der Waals surface area contributed by atoms with E-state index in [1.54, 1.807) is 6.07 Å². The monoisotopic (exact) mass is 647 g/mol. The van der Waals surface area contributed by atoms with E-state index < -0.39 is 12.1 Å². The number of carbonyl (C=O) groups is 2. The number of piperazine rings is 1. The van der Waals surface area contributed by atoms with Crippen molar-refractivity contribution in [3.8, 4) is 5.75 Å².